The first-order chi connectivity index (χ1) is 4.16. The summed E-state index contributed by atoms with van der Waals surface area (Å²) in [7, 11) is 0. The molecule has 54 valence electrons. The van der Waals surface area contributed by atoms with Gasteiger partial charge in [0, 0.05) is 11.2 Å². The van der Waals surface area contributed by atoms with Gasteiger partial charge in [-0.25, -0.2) is 0 Å². The summed E-state index contributed by atoms with van der Waals surface area (Å²) in [5.74, 6) is -0.231. The number of hydrogen-bond acceptors (Lipinski definition) is 1. The molecule has 0 aliphatic rings. The Bertz CT molecular complexity index is 95.1. The van der Waals surface area contributed by atoms with E-state index in [4.69, 9.17) is 5.73 Å². The maximum atomic E-state index is 10.3. The van der Waals surface area contributed by atoms with Crippen LogP contribution in [0.4, 0.5) is 0 Å². The summed E-state index contributed by atoms with van der Waals surface area (Å²) in [6, 6.07) is 0. The lowest BCUT2D eigenvalue weighted by Crippen LogP contribution is -2.15. The molecule has 0 aromatic carbocycles. The number of alkyl halides is 1. The van der Waals surface area contributed by atoms with E-state index in [9.17, 15) is 4.79 Å². The fraction of sp³-hybridized carbons (Fsp3) is 0.833. The van der Waals surface area contributed by atoms with Gasteiger partial charge in [-0.1, -0.05) is 29.3 Å². The molecule has 0 aliphatic carbocycles. The number of amides is 1. The minimum absolute atomic E-state index is 0.231. The van der Waals surface area contributed by atoms with Gasteiger partial charge in [-0.15, -0.1) is 0 Å². The Hall–Kier alpha value is -0.0500. The Morgan fingerprint density at radius 2 is 2.33 bits per heavy atom. The summed E-state index contributed by atoms with van der Waals surface area (Å²) in [5.41, 5.74) is 4.95. The second-order valence-electron chi connectivity index (χ2n) is 2.06. The normalized spacial score (nSPS) is 13.1. The van der Waals surface area contributed by atoms with E-state index in [1.807, 2.05) is 0 Å². The number of halogens is 1. The van der Waals surface area contributed by atoms with Crippen molar-refractivity contribution in [3.63, 3.8) is 0 Å². The Balaban J connectivity index is 3.26. The van der Waals surface area contributed by atoms with E-state index < -0.39 is 0 Å². The lowest BCUT2D eigenvalue weighted by Gasteiger charge is -2.02. The van der Waals surface area contributed by atoms with Gasteiger partial charge in [0.25, 0.3) is 0 Å². The molecule has 0 saturated carbocycles. The molecule has 0 fully saturated rings. The lowest BCUT2D eigenvalue weighted by atomic mass is 10.2. The minimum Gasteiger partial charge on any atom is -0.370 e. The topological polar surface area (TPSA) is 43.1 Å². The van der Waals surface area contributed by atoms with Gasteiger partial charge >= 0.3 is 0 Å². The second kappa shape index (κ2) is 4.79. The highest BCUT2D eigenvalue weighted by atomic mass is 79.9. The van der Waals surface area contributed by atoms with E-state index in [1.54, 1.807) is 0 Å². The zero-order chi connectivity index (χ0) is 7.28. The second-order valence-corrected chi connectivity index (χ2v) is 3.35. The van der Waals surface area contributed by atoms with Crippen molar-refractivity contribution in [2.75, 3.05) is 0 Å². The Morgan fingerprint density at radius 3 is 2.67 bits per heavy atom. The van der Waals surface area contributed by atoms with Crippen LogP contribution in [0.25, 0.3) is 0 Å². The van der Waals surface area contributed by atoms with E-state index in [0.717, 1.165) is 12.8 Å². The van der Waals surface area contributed by atoms with Gasteiger partial charge in [-0.05, 0) is 6.42 Å². The fourth-order valence-electron chi connectivity index (χ4n) is 0.634. The van der Waals surface area contributed by atoms with Crippen LogP contribution in [0.5, 0.6) is 0 Å². The molecule has 0 bridgehead atoms. The van der Waals surface area contributed by atoms with Gasteiger partial charge in [0.2, 0.25) is 5.91 Å². The molecule has 1 unspecified atom stereocenters. The van der Waals surface area contributed by atoms with Gasteiger partial charge in [0.15, 0.2) is 0 Å². The monoisotopic (exact) mass is 193 g/mol. The molecule has 0 saturated heterocycles. The molecule has 3 heteroatoms. The number of hydrogen-bond donors (Lipinski definition) is 1. The van der Waals surface area contributed by atoms with Crippen LogP contribution < -0.4 is 5.73 Å². The third-order valence-corrected chi connectivity index (χ3v) is 1.81. The summed E-state index contributed by atoms with van der Waals surface area (Å²) in [6.07, 6.45) is 2.56. The Labute approximate surface area is 63.9 Å². The van der Waals surface area contributed by atoms with Crippen molar-refractivity contribution in [1.82, 2.24) is 0 Å². The van der Waals surface area contributed by atoms with Gasteiger partial charge in [-0.3, -0.25) is 4.79 Å². The fourth-order valence-corrected chi connectivity index (χ4v) is 1.41. The zero-order valence-corrected chi connectivity index (χ0v) is 7.15. The summed E-state index contributed by atoms with van der Waals surface area (Å²) in [6.45, 7) is 2.08. The van der Waals surface area contributed by atoms with E-state index >= 15 is 0 Å². The highest BCUT2D eigenvalue weighted by Gasteiger charge is 2.04. The largest absolute Gasteiger partial charge is 0.370 e. The van der Waals surface area contributed by atoms with Gasteiger partial charge in [0.1, 0.15) is 0 Å². The van der Waals surface area contributed by atoms with Crippen LogP contribution in [-0.2, 0) is 4.79 Å². The van der Waals surface area contributed by atoms with Crippen LogP contribution in [0.1, 0.15) is 26.2 Å². The van der Waals surface area contributed by atoms with Crippen LogP contribution in [0, 0.1) is 0 Å². The minimum atomic E-state index is -0.231. The van der Waals surface area contributed by atoms with E-state index in [2.05, 4.69) is 22.9 Å². The quantitative estimate of drug-likeness (QED) is 0.675. The predicted molar refractivity (Wildman–Crippen MR) is 41.4 cm³/mol. The van der Waals surface area contributed by atoms with Crippen LogP contribution in [0.3, 0.4) is 0 Å². The molecule has 0 aromatic rings. The van der Waals surface area contributed by atoms with E-state index in [0.29, 0.717) is 6.42 Å². The molecule has 0 aliphatic heterocycles. The van der Waals surface area contributed by atoms with Crippen LogP contribution in [0.2, 0.25) is 0 Å². The molecule has 0 aromatic heterocycles. The number of rotatable bonds is 4. The van der Waals surface area contributed by atoms with Gasteiger partial charge in [0.05, 0.1) is 0 Å². The maximum absolute atomic E-state index is 10.3. The molecule has 0 rings (SSSR count). The summed E-state index contributed by atoms with van der Waals surface area (Å²) >= 11 is 3.34. The highest BCUT2D eigenvalue weighted by Crippen LogP contribution is 2.10. The first kappa shape index (κ1) is 8.95. The van der Waals surface area contributed by atoms with Crippen molar-refractivity contribution in [3.05, 3.63) is 0 Å². The number of carbonyl (C=O) groups excluding carboxylic acids is 1. The molecular weight excluding hydrogens is 182 g/mol. The SMILES string of the molecule is CCCC(Br)CC(N)=O. The molecule has 9 heavy (non-hydrogen) atoms. The van der Waals surface area contributed by atoms with Crippen LogP contribution in [0.15, 0.2) is 0 Å². The van der Waals surface area contributed by atoms with Crippen molar-refractivity contribution in [3.8, 4) is 0 Å². The zero-order valence-electron chi connectivity index (χ0n) is 5.56. The van der Waals surface area contributed by atoms with Crippen LogP contribution >= 0.6 is 15.9 Å². The average Bonchev–Trinajstić information content (AvgIpc) is 1.63. The third kappa shape index (κ3) is 5.83. The summed E-state index contributed by atoms with van der Waals surface area (Å²) in [5, 5.41) is 0. The first-order valence-corrected chi connectivity index (χ1v) is 4.00. The molecule has 2 nitrogen and oxygen atoms in total. The molecule has 2 N–H and O–H groups in total. The lowest BCUT2D eigenvalue weighted by molar-refractivity contribution is -0.117. The maximum Gasteiger partial charge on any atom is 0.218 e. The first-order valence-electron chi connectivity index (χ1n) is 3.09. The van der Waals surface area contributed by atoms with E-state index in [-0.39, 0.29) is 10.7 Å². The smallest absolute Gasteiger partial charge is 0.218 e. The Morgan fingerprint density at radius 1 is 1.78 bits per heavy atom. The predicted octanol–water partition coefficient (Wildman–Crippen LogP) is 1.43. The van der Waals surface area contributed by atoms with Crippen molar-refractivity contribution >= 4 is 21.8 Å². The summed E-state index contributed by atoms with van der Waals surface area (Å²) in [4.78, 5) is 10.6. The number of nitrogens with two attached hydrogens (primary N) is 1. The van der Waals surface area contributed by atoms with E-state index in [1.165, 1.54) is 0 Å². The molecular formula is C6H12BrNO. The number of carbonyl (C=O) groups is 1. The molecule has 1 amide bonds. The molecule has 0 radical (unpaired) electrons. The van der Waals surface area contributed by atoms with Gasteiger partial charge < -0.3 is 5.73 Å². The molecule has 1 atom stereocenters. The van der Waals surface area contributed by atoms with Crippen LogP contribution in [-0.4, -0.2) is 10.7 Å². The molecule has 0 spiro atoms. The van der Waals surface area contributed by atoms with Crippen molar-refractivity contribution in [1.29, 1.82) is 0 Å². The highest BCUT2D eigenvalue weighted by molar-refractivity contribution is 9.09. The third-order valence-electron chi connectivity index (χ3n) is 1.02. The summed E-state index contributed by atoms with van der Waals surface area (Å²) < 4.78 is 0. The standard InChI is InChI=1S/C6H12BrNO/c1-2-3-5(7)4-6(8)9/h5H,2-4H2,1H3,(H2,8,9). The Kier molecular flexibility index (Phi) is 4.77. The average molecular weight is 194 g/mol. The molecule has 0 heterocycles. The van der Waals surface area contributed by atoms with Crippen molar-refractivity contribution in [2.45, 2.75) is 31.0 Å². The van der Waals surface area contributed by atoms with Crippen molar-refractivity contribution in [2.24, 2.45) is 5.73 Å². The van der Waals surface area contributed by atoms with Gasteiger partial charge in [-0.2, -0.15) is 0 Å². The van der Waals surface area contributed by atoms with Crippen molar-refractivity contribution < 1.29 is 4.79 Å². The number of primary amides is 1.